The first-order valence-corrected chi connectivity index (χ1v) is 4.55. The van der Waals surface area contributed by atoms with Crippen molar-refractivity contribution in [3.8, 4) is 0 Å². The number of hydrogen-bond acceptors (Lipinski definition) is 2. The zero-order valence-corrected chi connectivity index (χ0v) is 8.27. The molecule has 1 atom stereocenters. The summed E-state index contributed by atoms with van der Waals surface area (Å²) in [5, 5.41) is 9.63. The number of aliphatic hydroxyl groups excluding tert-OH is 1. The van der Waals surface area contributed by atoms with Gasteiger partial charge in [-0.15, -0.1) is 0 Å². The van der Waals surface area contributed by atoms with Crippen molar-refractivity contribution in [1.82, 2.24) is 4.90 Å². The van der Waals surface area contributed by atoms with Crippen molar-refractivity contribution in [3.63, 3.8) is 0 Å². The molecular weight excluding hydrogens is 162 g/mol. The van der Waals surface area contributed by atoms with E-state index in [2.05, 4.69) is 0 Å². The molecule has 72 valence electrons. The summed E-state index contributed by atoms with van der Waals surface area (Å²) in [7, 11) is 3.93. The minimum absolute atomic E-state index is 0.266. The van der Waals surface area contributed by atoms with E-state index in [1.165, 1.54) is 5.56 Å². The second-order valence-corrected chi connectivity index (χ2v) is 3.61. The van der Waals surface area contributed by atoms with Crippen LogP contribution in [0.3, 0.4) is 0 Å². The predicted octanol–water partition coefficient (Wildman–Crippen LogP) is 1.15. The van der Waals surface area contributed by atoms with Gasteiger partial charge in [0.05, 0.1) is 6.10 Å². The summed E-state index contributed by atoms with van der Waals surface area (Å²) in [5.74, 6) is 0. The van der Waals surface area contributed by atoms with Gasteiger partial charge in [-0.3, -0.25) is 0 Å². The molecule has 0 aliphatic rings. The number of likely N-dealkylation sites (N-methyl/N-ethyl adjacent to an activating group) is 1. The summed E-state index contributed by atoms with van der Waals surface area (Å²) in [6.45, 7) is 0.717. The van der Waals surface area contributed by atoms with Crippen LogP contribution in [0, 0.1) is 0 Å². The molecule has 0 aliphatic heterocycles. The molecule has 2 nitrogen and oxygen atoms in total. The largest absolute Gasteiger partial charge is 0.391 e. The van der Waals surface area contributed by atoms with Gasteiger partial charge in [-0.2, -0.15) is 0 Å². The smallest absolute Gasteiger partial charge is 0.0707 e. The summed E-state index contributed by atoms with van der Waals surface area (Å²) in [6, 6.07) is 10.1. The average Bonchev–Trinajstić information content (AvgIpc) is 2.04. The molecule has 0 aromatic heterocycles. The number of aliphatic hydroxyl groups is 1. The Bertz CT molecular complexity index is 233. The second-order valence-electron chi connectivity index (χ2n) is 3.61. The molecule has 0 spiro atoms. The van der Waals surface area contributed by atoms with E-state index in [1.807, 2.05) is 49.3 Å². The molecule has 13 heavy (non-hydrogen) atoms. The maximum atomic E-state index is 9.63. The summed E-state index contributed by atoms with van der Waals surface area (Å²) in [5.41, 5.74) is 1.19. The highest BCUT2D eigenvalue weighted by atomic mass is 16.3. The average molecular weight is 179 g/mol. The van der Waals surface area contributed by atoms with Crippen molar-refractivity contribution >= 4 is 0 Å². The van der Waals surface area contributed by atoms with Gasteiger partial charge in [0.1, 0.15) is 0 Å². The lowest BCUT2D eigenvalue weighted by molar-refractivity contribution is 0.137. The molecule has 1 N–H and O–H groups in total. The fourth-order valence-corrected chi connectivity index (χ4v) is 1.37. The van der Waals surface area contributed by atoms with E-state index in [1.54, 1.807) is 0 Å². The van der Waals surface area contributed by atoms with Gasteiger partial charge in [-0.25, -0.2) is 0 Å². The molecule has 0 amide bonds. The molecule has 0 saturated heterocycles. The van der Waals surface area contributed by atoms with E-state index in [0.29, 0.717) is 0 Å². The molecule has 0 bridgehead atoms. The first-order chi connectivity index (χ1) is 6.18. The zero-order chi connectivity index (χ0) is 9.68. The van der Waals surface area contributed by atoms with Crippen molar-refractivity contribution in [2.75, 3.05) is 20.6 Å². The van der Waals surface area contributed by atoms with Crippen LogP contribution >= 0.6 is 0 Å². The van der Waals surface area contributed by atoms with Crippen molar-refractivity contribution in [3.05, 3.63) is 35.9 Å². The normalized spacial score (nSPS) is 13.2. The van der Waals surface area contributed by atoms with Gasteiger partial charge in [0.2, 0.25) is 0 Å². The fourth-order valence-electron chi connectivity index (χ4n) is 1.37. The Morgan fingerprint density at radius 1 is 1.23 bits per heavy atom. The first-order valence-electron chi connectivity index (χ1n) is 4.55. The Morgan fingerprint density at radius 2 is 1.85 bits per heavy atom. The van der Waals surface area contributed by atoms with Crippen LogP contribution in [0.1, 0.15) is 5.56 Å². The van der Waals surface area contributed by atoms with Gasteiger partial charge in [0, 0.05) is 6.54 Å². The highest BCUT2D eigenvalue weighted by Gasteiger charge is 2.05. The fraction of sp³-hybridized carbons (Fsp3) is 0.455. The number of nitrogens with zero attached hydrogens (tertiary/aromatic N) is 1. The number of rotatable bonds is 4. The van der Waals surface area contributed by atoms with Gasteiger partial charge in [0.25, 0.3) is 0 Å². The molecule has 1 aromatic rings. The zero-order valence-electron chi connectivity index (χ0n) is 8.27. The SMILES string of the molecule is CN(C)C[C@H](O)Cc1ccccc1. The summed E-state index contributed by atoms with van der Waals surface area (Å²) in [6.07, 6.45) is 0.469. The summed E-state index contributed by atoms with van der Waals surface area (Å²) >= 11 is 0. The molecule has 1 aromatic carbocycles. The standard InChI is InChI=1S/C11H17NO/c1-12(2)9-11(13)8-10-6-4-3-5-7-10/h3-7,11,13H,8-9H2,1-2H3/t11-/m1/s1. The number of benzene rings is 1. The van der Waals surface area contributed by atoms with Crippen molar-refractivity contribution in [2.24, 2.45) is 0 Å². The Morgan fingerprint density at radius 3 is 2.38 bits per heavy atom. The van der Waals surface area contributed by atoms with Crippen LogP contribution in [-0.4, -0.2) is 36.8 Å². The highest BCUT2D eigenvalue weighted by Crippen LogP contribution is 2.03. The molecule has 0 heterocycles. The minimum atomic E-state index is -0.266. The van der Waals surface area contributed by atoms with Crippen LogP contribution in [0.2, 0.25) is 0 Å². The van der Waals surface area contributed by atoms with Gasteiger partial charge in [-0.1, -0.05) is 30.3 Å². The maximum absolute atomic E-state index is 9.63. The van der Waals surface area contributed by atoms with Crippen LogP contribution < -0.4 is 0 Å². The Labute approximate surface area is 79.8 Å². The second kappa shape index (κ2) is 5.00. The third-order valence-electron chi connectivity index (χ3n) is 1.89. The van der Waals surface area contributed by atoms with Crippen LogP contribution in [0.4, 0.5) is 0 Å². The molecule has 2 heteroatoms. The Kier molecular flexibility index (Phi) is 3.93. The molecule has 0 saturated carbocycles. The van der Waals surface area contributed by atoms with Gasteiger partial charge >= 0.3 is 0 Å². The van der Waals surface area contributed by atoms with Crippen molar-refractivity contribution in [2.45, 2.75) is 12.5 Å². The Hall–Kier alpha value is -0.860. The first kappa shape index (κ1) is 10.2. The van der Waals surface area contributed by atoms with Gasteiger partial charge in [0.15, 0.2) is 0 Å². The van der Waals surface area contributed by atoms with E-state index in [4.69, 9.17) is 0 Å². The lowest BCUT2D eigenvalue weighted by Crippen LogP contribution is -2.27. The molecule has 0 unspecified atom stereocenters. The van der Waals surface area contributed by atoms with Gasteiger partial charge < -0.3 is 10.0 Å². The summed E-state index contributed by atoms with van der Waals surface area (Å²) < 4.78 is 0. The minimum Gasteiger partial charge on any atom is -0.391 e. The molecule has 1 rings (SSSR count). The van der Waals surface area contributed by atoms with E-state index < -0.39 is 0 Å². The van der Waals surface area contributed by atoms with Crippen molar-refractivity contribution in [1.29, 1.82) is 0 Å². The molecular formula is C11H17NO. The predicted molar refractivity (Wildman–Crippen MR) is 54.7 cm³/mol. The Balaban J connectivity index is 2.41. The lowest BCUT2D eigenvalue weighted by Gasteiger charge is -2.15. The van der Waals surface area contributed by atoms with E-state index in [0.717, 1.165) is 13.0 Å². The van der Waals surface area contributed by atoms with Crippen LogP contribution in [0.15, 0.2) is 30.3 Å². The third kappa shape index (κ3) is 4.06. The van der Waals surface area contributed by atoms with Crippen LogP contribution in [0.5, 0.6) is 0 Å². The van der Waals surface area contributed by atoms with Crippen LogP contribution in [0.25, 0.3) is 0 Å². The molecule has 0 fully saturated rings. The highest BCUT2D eigenvalue weighted by molar-refractivity contribution is 5.15. The quantitative estimate of drug-likeness (QED) is 0.749. The van der Waals surface area contributed by atoms with Gasteiger partial charge in [-0.05, 0) is 26.1 Å². The monoisotopic (exact) mass is 179 g/mol. The molecule has 0 radical (unpaired) electrons. The van der Waals surface area contributed by atoms with Crippen molar-refractivity contribution < 1.29 is 5.11 Å². The van der Waals surface area contributed by atoms with E-state index in [-0.39, 0.29) is 6.10 Å². The number of hydrogen-bond donors (Lipinski definition) is 1. The van der Waals surface area contributed by atoms with E-state index >= 15 is 0 Å². The topological polar surface area (TPSA) is 23.5 Å². The lowest BCUT2D eigenvalue weighted by atomic mass is 10.1. The van der Waals surface area contributed by atoms with Crippen LogP contribution in [-0.2, 0) is 6.42 Å². The third-order valence-corrected chi connectivity index (χ3v) is 1.89. The van der Waals surface area contributed by atoms with E-state index in [9.17, 15) is 5.11 Å². The summed E-state index contributed by atoms with van der Waals surface area (Å²) in [4.78, 5) is 1.99. The molecule has 0 aliphatic carbocycles. The maximum Gasteiger partial charge on any atom is 0.0707 e.